The Morgan fingerprint density at radius 3 is 2.11 bits per heavy atom. The van der Waals surface area contributed by atoms with Gasteiger partial charge in [0, 0.05) is 12.1 Å². The van der Waals surface area contributed by atoms with Crippen molar-refractivity contribution < 1.29 is 32.8 Å². The predicted octanol–water partition coefficient (Wildman–Crippen LogP) is 4.41. The van der Waals surface area contributed by atoms with E-state index in [0.29, 0.717) is 25.7 Å². The number of urea groups is 1. The summed E-state index contributed by atoms with van der Waals surface area (Å²) in [5.41, 5.74) is 2.40. The van der Waals surface area contributed by atoms with Crippen molar-refractivity contribution in [2.45, 2.75) is 122 Å². The van der Waals surface area contributed by atoms with Crippen molar-refractivity contribution in [3.63, 3.8) is 0 Å². The summed E-state index contributed by atoms with van der Waals surface area (Å²) in [6, 6.07) is 3.35. The summed E-state index contributed by atoms with van der Waals surface area (Å²) in [6.45, 7) is 9.38. The minimum Gasteiger partial charge on any atom is -0.363 e. The second-order valence-corrected chi connectivity index (χ2v) is 15.1. The third-order valence-electron chi connectivity index (χ3n) is 10.2. The molecule has 3 fully saturated rings. The number of amides is 5. The highest BCUT2D eigenvalue weighted by Gasteiger charge is 2.56. The molecule has 1 aromatic rings. The van der Waals surface area contributed by atoms with E-state index >= 15 is 8.78 Å². The molecule has 0 spiro atoms. The number of nitrogens with two attached hydrogens (primary N) is 1. The van der Waals surface area contributed by atoms with Crippen LogP contribution in [0.25, 0.3) is 0 Å². The zero-order valence-corrected chi connectivity index (χ0v) is 28.2. The summed E-state index contributed by atoms with van der Waals surface area (Å²) in [5.74, 6) is -6.51. The van der Waals surface area contributed by atoms with E-state index in [1.807, 2.05) is 13.8 Å². The molecule has 2 saturated carbocycles. The second kappa shape index (κ2) is 14.3. The Morgan fingerprint density at radius 2 is 1.57 bits per heavy atom. The van der Waals surface area contributed by atoms with Gasteiger partial charge in [-0.15, -0.1) is 0 Å². The largest absolute Gasteiger partial charge is 0.363 e. The van der Waals surface area contributed by atoms with Gasteiger partial charge in [0.1, 0.15) is 17.6 Å². The first-order valence-corrected chi connectivity index (χ1v) is 16.9. The third kappa shape index (κ3) is 8.12. The summed E-state index contributed by atoms with van der Waals surface area (Å²) < 4.78 is 32.3. The highest BCUT2D eigenvalue weighted by atomic mass is 19.3. The Morgan fingerprint density at radius 1 is 0.957 bits per heavy atom. The number of halogens is 2. The summed E-state index contributed by atoms with van der Waals surface area (Å²) in [7, 11) is 0. The maximum Gasteiger partial charge on any atom is 0.316 e. The lowest BCUT2D eigenvalue weighted by Gasteiger charge is -2.44. The number of hydrogen-bond acceptors (Lipinski definition) is 5. The van der Waals surface area contributed by atoms with Crippen LogP contribution in [0.2, 0.25) is 0 Å². The van der Waals surface area contributed by atoms with E-state index in [1.165, 1.54) is 17.0 Å². The standard InChI is InChI=1S/C35H51F2N5O5/c1-21(2)24-16-19-42(26(24)30(45)39-25(20-22-14-15-22)27(43)29(38)44)31(46)28(33(3,4)5)40-32(47)41-34(17-10-7-11-18-34)35(36,37)23-12-8-6-9-13-23/h6,8-9,12-13,21-22,24-26,28H,7,10-11,14-20H2,1-5H3,(H2,38,44)(H,39,45)(H2,40,41,47)/t24?,25?,26-,28+/m0/s1. The Labute approximate surface area is 276 Å². The number of nitrogens with one attached hydrogen (secondary N) is 3. The van der Waals surface area contributed by atoms with Gasteiger partial charge in [0.15, 0.2) is 0 Å². The van der Waals surface area contributed by atoms with E-state index in [2.05, 4.69) is 16.0 Å². The van der Waals surface area contributed by atoms with E-state index in [9.17, 15) is 24.0 Å². The van der Waals surface area contributed by atoms with Crippen LogP contribution in [0.15, 0.2) is 30.3 Å². The Bertz CT molecular complexity index is 1320. The summed E-state index contributed by atoms with van der Waals surface area (Å²) in [6.07, 6.45) is 4.55. The Balaban J connectivity index is 1.58. The van der Waals surface area contributed by atoms with E-state index in [1.54, 1.807) is 39.0 Å². The lowest BCUT2D eigenvalue weighted by atomic mass is 9.74. The Kier molecular flexibility index (Phi) is 11.0. The Hall–Kier alpha value is -3.57. The second-order valence-electron chi connectivity index (χ2n) is 15.1. The zero-order valence-electron chi connectivity index (χ0n) is 28.2. The topological polar surface area (TPSA) is 151 Å². The molecule has 12 heteroatoms. The van der Waals surface area contributed by atoms with Crippen molar-refractivity contribution in [1.29, 1.82) is 0 Å². The quantitative estimate of drug-likeness (QED) is 0.245. The minimum absolute atomic E-state index is 0.00648. The van der Waals surface area contributed by atoms with Crippen molar-refractivity contribution in [3.05, 3.63) is 35.9 Å². The molecular weight excluding hydrogens is 608 g/mol. The van der Waals surface area contributed by atoms with Gasteiger partial charge in [-0.1, -0.05) is 97.1 Å². The fourth-order valence-electron chi connectivity index (χ4n) is 7.24. The molecule has 1 aromatic carbocycles. The van der Waals surface area contributed by atoms with E-state index in [-0.39, 0.29) is 42.7 Å². The summed E-state index contributed by atoms with van der Waals surface area (Å²) in [5, 5.41) is 8.07. The molecule has 2 unspecified atom stereocenters. The number of primary amides is 1. The normalized spacial score (nSPS) is 22.7. The number of likely N-dealkylation sites (tertiary alicyclic amines) is 1. The minimum atomic E-state index is -3.37. The van der Waals surface area contributed by atoms with Crippen LogP contribution in [0.5, 0.6) is 0 Å². The van der Waals surface area contributed by atoms with Gasteiger partial charge in [0.2, 0.25) is 17.6 Å². The van der Waals surface area contributed by atoms with E-state index < -0.39 is 64.5 Å². The zero-order chi connectivity index (χ0) is 34.7. The number of benzene rings is 1. The van der Waals surface area contributed by atoms with Crippen molar-refractivity contribution in [3.8, 4) is 0 Å². The smallest absolute Gasteiger partial charge is 0.316 e. The highest BCUT2D eigenvalue weighted by Crippen LogP contribution is 2.47. The molecule has 5 N–H and O–H groups in total. The number of carbonyl (C=O) groups excluding carboxylic acids is 5. The molecule has 4 atom stereocenters. The van der Waals surface area contributed by atoms with Crippen molar-refractivity contribution in [1.82, 2.24) is 20.9 Å². The van der Waals surface area contributed by atoms with Gasteiger partial charge < -0.3 is 26.6 Å². The number of hydrogen-bond donors (Lipinski definition) is 4. The maximum absolute atomic E-state index is 16.2. The van der Waals surface area contributed by atoms with Gasteiger partial charge >= 0.3 is 6.03 Å². The first-order chi connectivity index (χ1) is 22.0. The number of rotatable bonds is 12. The first-order valence-electron chi connectivity index (χ1n) is 16.9. The van der Waals surface area contributed by atoms with Gasteiger partial charge in [-0.25, -0.2) is 4.79 Å². The molecule has 0 bridgehead atoms. The highest BCUT2D eigenvalue weighted by molar-refractivity contribution is 6.37. The average molecular weight is 660 g/mol. The van der Waals surface area contributed by atoms with Gasteiger partial charge in [-0.3, -0.25) is 19.2 Å². The van der Waals surface area contributed by atoms with Gasteiger partial charge in [-0.05, 0) is 48.9 Å². The molecule has 3 aliphatic rings. The third-order valence-corrected chi connectivity index (χ3v) is 10.2. The van der Waals surface area contributed by atoms with Crippen LogP contribution in [0.4, 0.5) is 13.6 Å². The lowest BCUT2D eigenvalue weighted by Crippen LogP contribution is -2.65. The first kappa shape index (κ1) is 36.3. The fraction of sp³-hybridized carbons (Fsp3) is 0.686. The fourth-order valence-corrected chi connectivity index (χ4v) is 7.24. The molecule has 1 aliphatic heterocycles. The predicted molar refractivity (Wildman–Crippen MR) is 173 cm³/mol. The number of ketones is 1. The van der Waals surface area contributed by atoms with Crippen LogP contribution in [-0.4, -0.2) is 64.6 Å². The molecule has 0 aromatic heterocycles. The molecular formula is C35H51F2N5O5. The van der Waals surface area contributed by atoms with Crippen LogP contribution >= 0.6 is 0 Å². The molecule has 1 saturated heterocycles. The molecule has 5 amide bonds. The van der Waals surface area contributed by atoms with Crippen molar-refractivity contribution in [2.24, 2.45) is 28.9 Å². The molecule has 260 valence electrons. The van der Waals surface area contributed by atoms with Crippen molar-refractivity contribution >= 4 is 29.5 Å². The molecule has 1 heterocycles. The van der Waals surface area contributed by atoms with Crippen molar-refractivity contribution in [2.75, 3.05) is 6.54 Å². The number of carbonyl (C=O) groups is 5. The van der Waals surface area contributed by atoms with Crippen LogP contribution in [-0.2, 0) is 25.1 Å². The molecule has 10 nitrogen and oxygen atoms in total. The SMILES string of the molecule is CC(C)C1CCN(C(=O)[C@@H](NC(=O)NC2(C(F)(F)c3ccccc3)CCCCC2)C(C)(C)C)[C@@H]1C(=O)NC(CC1CC1)C(=O)C(N)=O. The number of alkyl halides is 2. The van der Waals surface area contributed by atoms with Crippen LogP contribution in [0.3, 0.4) is 0 Å². The molecule has 2 aliphatic carbocycles. The number of nitrogens with zero attached hydrogens (tertiary/aromatic N) is 1. The number of Topliss-reactive ketones (excluding diaryl/α,β-unsaturated/α-hetero) is 1. The molecule has 47 heavy (non-hydrogen) atoms. The molecule has 0 radical (unpaired) electrons. The monoisotopic (exact) mass is 659 g/mol. The van der Waals surface area contributed by atoms with Gasteiger partial charge in [-0.2, -0.15) is 8.78 Å². The molecule has 4 rings (SSSR count). The average Bonchev–Trinajstić information content (AvgIpc) is 3.71. The van der Waals surface area contributed by atoms with E-state index in [0.717, 1.165) is 19.3 Å². The van der Waals surface area contributed by atoms with Gasteiger partial charge in [0.05, 0.1) is 6.04 Å². The summed E-state index contributed by atoms with van der Waals surface area (Å²) >= 11 is 0. The summed E-state index contributed by atoms with van der Waals surface area (Å²) in [4.78, 5) is 67.7. The lowest BCUT2D eigenvalue weighted by molar-refractivity contribution is -0.144. The van der Waals surface area contributed by atoms with Gasteiger partial charge in [0.25, 0.3) is 11.8 Å². The van der Waals surface area contributed by atoms with Crippen LogP contribution in [0.1, 0.15) is 98.0 Å². The van der Waals surface area contributed by atoms with E-state index in [4.69, 9.17) is 5.73 Å². The van der Waals surface area contributed by atoms with Crippen LogP contribution in [0, 0.1) is 23.2 Å². The van der Waals surface area contributed by atoms with Crippen LogP contribution < -0.4 is 21.7 Å². The maximum atomic E-state index is 16.2.